The smallest absolute Gasteiger partial charge is 0.253 e. The average molecular weight is 423 g/mol. The molecule has 0 saturated carbocycles. The third-order valence-corrected chi connectivity index (χ3v) is 6.79. The van der Waals surface area contributed by atoms with Gasteiger partial charge in [-0.1, -0.05) is 23.7 Å². The molecule has 3 aromatic rings. The van der Waals surface area contributed by atoms with Crippen molar-refractivity contribution < 1.29 is 4.79 Å². The van der Waals surface area contributed by atoms with Crippen molar-refractivity contribution >= 4 is 28.5 Å². The lowest BCUT2D eigenvalue weighted by molar-refractivity contribution is 0.0780. The van der Waals surface area contributed by atoms with Gasteiger partial charge in [-0.25, -0.2) is 4.98 Å². The van der Waals surface area contributed by atoms with Crippen LogP contribution in [-0.2, 0) is 6.54 Å². The van der Waals surface area contributed by atoms with Crippen LogP contribution in [0.15, 0.2) is 42.5 Å². The predicted molar refractivity (Wildman–Crippen MR) is 120 cm³/mol. The minimum absolute atomic E-state index is 0.155. The van der Waals surface area contributed by atoms with Gasteiger partial charge in [-0.2, -0.15) is 0 Å². The van der Waals surface area contributed by atoms with Crippen LogP contribution in [0.5, 0.6) is 0 Å². The third kappa shape index (κ3) is 3.72. The summed E-state index contributed by atoms with van der Waals surface area (Å²) in [6.45, 7) is 6.84. The first-order valence-corrected chi connectivity index (χ1v) is 11.2. The largest absolute Gasteiger partial charge is 0.337 e. The zero-order chi connectivity index (χ0) is 20.7. The van der Waals surface area contributed by atoms with Crippen molar-refractivity contribution in [1.82, 2.24) is 19.4 Å². The zero-order valence-corrected chi connectivity index (χ0v) is 18.1. The zero-order valence-electron chi connectivity index (χ0n) is 17.4. The summed E-state index contributed by atoms with van der Waals surface area (Å²) in [5.41, 5.74) is 3.91. The molecule has 2 aliphatic heterocycles. The molecule has 0 spiro atoms. The molecule has 0 N–H and O–H groups in total. The van der Waals surface area contributed by atoms with Gasteiger partial charge in [-0.3, -0.25) is 9.69 Å². The Morgan fingerprint density at radius 1 is 1.10 bits per heavy atom. The highest BCUT2D eigenvalue weighted by Gasteiger charge is 2.31. The summed E-state index contributed by atoms with van der Waals surface area (Å²) in [4.78, 5) is 22.2. The molecule has 0 aliphatic carbocycles. The van der Waals surface area contributed by atoms with E-state index in [1.54, 1.807) is 0 Å². The van der Waals surface area contributed by atoms with Crippen LogP contribution in [0.2, 0.25) is 5.02 Å². The summed E-state index contributed by atoms with van der Waals surface area (Å²) < 4.78 is 2.18. The highest BCUT2D eigenvalue weighted by molar-refractivity contribution is 6.31. The Labute approximate surface area is 182 Å². The molecule has 1 aromatic heterocycles. The number of likely N-dealkylation sites (tertiary alicyclic amines) is 2. The summed E-state index contributed by atoms with van der Waals surface area (Å²) in [5.74, 6) is 1.11. The Morgan fingerprint density at radius 2 is 1.87 bits per heavy atom. The summed E-state index contributed by atoms with van der Waals surface area (Å²) in [6.07, 6.45) is 3.69. The van der Waals surface area contributed by atoms with Crippen molar-refractivity contribution in [2.45, 2.75) is 38.8 Å². The van der Waals surface area contributed by atoms with E-state index in [-0.39, 0.29) is 5.91 Å². The summed E-state index contributed by atoms with van der Waals surface area (Å²) in [7, 11) is 0. The van der Waals surface area contributed by atoms with Crippen LogP contribution in [0, 0.1) is 6.92 Å². The number of amides is 1. The Balaban J connectivity index is 1.28. The van der Waals surface area contributed by atoms with E-state index in [0.717, 1.165) is 54.0 Å². The number of fused-ring (bicyclic) bond motifs is 1. The number of nitrogens with zero attached hydrogens (tertiary/aromatic N) is 4. The van der Waals surface area contributed by atoms with Crippen LogP contribution >= 0.6 is 11.6 Å². The quantitative estimate of drug-likeness (QED) is 0.627. The second-order valence-corrected chi connectivity index (χ2v) is 8.95. The highest BCUT2D eigenvalue weighted by atomic mass is 35.5. The van der Waals surface area contributed by atoms with Gasteiger partial charge in [0.05, 0.1) is 11.0 Å². The molecular weight excluding hydrogens is 396 g/mol. The van der Waals surface area contributed by atoms with E-state index in [1.165, 1.54) is 25.9 Å². The van der Waals surface area contributed by atoms with Crippen LogP contribution in [-0.4, -0.2) is 57.5 Å². The maximum Gasteiger partial charge on any atom is 0.253 e. The number of rotatable bonds is 4. The van der Waals surface area contributed by atoms with Crippen LogP contribution < -0.4 is 0 Å². The fraction of sp³-hybridized carbons (Fsp3) is 0.417. The number of aryl methyl sites for hydroxylation is 1. The molecule has 5 nitrogen and oxygen atoms in total. The molecule has 3 heterocycles. The lowest BCUT2D eigenvalue weighted by Crippen LogP contribution is -2.37. The van der Waals surface area contributed by atoms with E-state index in [4.69, 9.17) is 11.6 Å². The van der Waals surface area contributed by atoms with E-state index < -0.39 is 0 Å². The number of imidazole rings is 1. The Kier molecular flexibility index (Phi) is 5.25. The van der Waals surface area contributed by atoms with Gasteiger partial charge in [0.25, 0.3) is 5.91 Å². The van der Waals surface area contributed by atoms with Crippen molar-refractivity contribution in [3.63, 3.8) is 0 Å². The second-order valence-electron chi connectivity index (χ2n) is 8.51. The maximum absolute atomic E-state index is 13.0. The second kappa shape index (κ2) is 8.05. The van der Waals surface area contributed by atoms with Gasteiger partial charge in [-0.15, -0.1) is 0 Å². The van der Waals surface area contributed by atoms with Crippen LogP contribution in [0.4, 0.5) is 0 Å². The summed E-state index contributed by atoms with van der Waals surface area (Å²) in [5, 5.41) is 0.698. The number of carbonyl (C=O) groups is 1. The first-order valence-electron chi connectivity index (χ1n) is 10.8. The van der Waals surface area contributed by atoms with E-state index in [1.807, 2.05) is 42.2 Å². The molecule has 1 atom stereocenters. The summed E-state index contributed by atoms with van der Waals surface area (Å²) >= 11 is 6.10. The number of aromatic nitrogens is 2. The number of hydrogen-bond donors (Lipinski definition) is 0. The molecule has 0 bridgehead atoms. The Morgan fingerprint density at radius 3 is 2.63 bits per heavy atom. The number of carbonyl (C=O) groups excluding carboxylic acids is 1. The van der Waals surface area contributed by atoms with Crippen LogP contribution in [0.25, 0.3) is 11.0 Å². The lowest BCUT2D eigenvalue weighted by Gasteiger charge is -2.23. The fourth-order valence-electron chi connectivity index (χ4n) is 4.87. The summed E-state index contributed by atoms with van der Waals surface area (Å²) in [6, 6.07) is 14.4. The van der Waals surface area contributed by atoms with Gasteiger partial charge < -0.3 is 9.47 Å². The lowest BCUT2D eigenvalue weighted by atomic mass is 10.1. The molecule has 2 fully saturated rings. The minimum Gasteiger partial charge on any atom is -0.337 e. The molecule has 0 radical (unpaired) electrons. The van der Waals surface area contributed by atoms with E-state index in [9.17, 15) is 4.79 Å². The monoisotopic (exact) mass is 422 g/mol. The van der Waals surface area contributed by atoms with Gasteiger partial charge in [0.1, 0.15) is 5.82 Å². The predicted octanol–water partition coefficient (Wildman–Crippen LogP) is 4.36. The van der Waals surface area contributed by atoms with E-state index >= 15 is 0 Å². The SMILES string of the molecule is Cc1nc2cc(Cl)ccc2n1Cc1ccc(C(=O)N2CC[C@H](N3CCCC3)C2)cc1. The average Bonchev–Trinajstić information content (AvgIpc) is 3.48. The molecule has 2 saturated heterocycles. The molecule has 1 amide bonds. The fourth-order valence-corrected chi connectivity index (χ4v) is 5.04. The van der Waals surface area contributed by atoms with E-state index in [0.29, 0.717) is 11.1 Å². The van der Waals surface area contributed by atoms with Crippen molar-refractivity contribution in [2.75, 3.05) is 26.2 Å². The maximum atomic E-state index is 13.0. The molecule has 0 unspecified atom stereocenters. The first-order chi connectivity index (χ1) is 14.6. The van der Waals surface area contributed by atoms with Gasteiger partial charge >= 0.3 is 0 Å². The van der Waals surface area contributed by atoms with Crippen molar-refractivity contribution in [3.8, 4) is 0 Å². The molecule has 30 heavy (non-hydrogen) atoms. The standard InChI is InChI=1S/C24H27ClN4O/c1-17-26-22-14-20(25)8-9-23(22)29(17)15-18-4-6-19(7-5-18)24(30)28-13-10-21(16-28)27-11-2-3-12-27/h4-9,14,21H,2-3,10-13,15-16H2,1H3/t21-/m0/s1. The normalized spacial score (nSPS) is 19.8. The molecule has 156 valence electrons. The molecule has 2 aliphatic rings. The topological polar surface area (TPSA) is 41.4 Å². The van der Waals surface area contributed by atoms with E-state index in [2.05, 4.69) is 26.6 Å². The van der Waals surface area contributed by atoms with Gasteiger partial charge in [0.2, 0.25) is 0 Å². The van der Waals surface area contributed by atoms with Gasteiger partial charge in [0.15, 0.2) is 0 Å². The Hall–Kier alpha value is -2.37. The minimum atomic E-state index is 0.155. The highest BCUT2D eigenvalue weighted by Crippen LogP contribution is 2.23. The van der Waals surface area contributed by atoms with Crippen molar-refractivity contribution in [1.29, 1.82) is 0 Å². The molecule has 2 aromatic carbocycles. The third-order valence-electron chi connectivity index (χ3n) is 6.55. The molecule has 5 rings (SSSR count). The van der Waals surface area contributed by atoms with Crippen LogP contribution in [0.3, 0.4) is 0 Å². The number of hydrogen-bond acceptors (Lipinski definition) is 3. The molecular formula is C24H27ClN4O. The van der Waals surface area contributed by atoms with Crippen molar-refractivity contribution in [3.05, 3.63) is 64.4 Å². The van der Waals surface area contributed by atoms with Crippen LogP contribution in [0.1, 0.15) is 41.0 Å². The first kappa shape index (κ1) is 19.6. The Bertz CT molecular complexity index is 1070. The molecule has 6 heteroatoms. The van der Waals surface area contributed by atoms with Crippen molar-refractivity contribution in [2.24, 2.45) is 0 Å². The number of benzene rings is 2. The number of halogens is 1. The van der Waals surface area contributed by atoms with Gasteiger partial charge in [-0.05, 0) is 75.2 Å². The van der Waals surface area contributed by atoms with Gasteiger partial charge in [0, 0.05) is 36.3 Å².